The lowest BCUT2D eigenvalue weighted by Crippen LogP contribution is -2.40. The van der Waals surface area contributed by atoms with Gasteiger partial charge in [-0.25, -0.2) is 9.79 Å². The predicted octanol–water partition coefficient (Wildman–Crippen LogP) is 5.02. The zero-order valence-electron chi connectivity index (χ0n) is 25.0. The standard InChI is InChI=1S/C29H30F3N3O5.C2HF3O2/c1-38-25-15-11-20(17-26(25)39-2)10-14-24(36)23(16-19-6-4-3-5-7-19)34-28(33)35-27(37)18-21-8-12-22(13-9-21)40-29(30,31)32;3-2(4,5)1(6)7/h3-9,11-13,15,17,23H,10,14,16,18H2,1-2H3,(H3,33,34,35,37);(H,6,7)/t23-;/m1./s1. The lowest BCUT2D eigenvalue weighted by Gasteiger charge is -2.14. The third-order valence-electron chi connectivity index (χ3n) is 6.08. The fraction of sp³-hybridized carbons (Fsp3) is 0.290. The van der Waals surface area contributed by atoms with E-state index in [1.807, 2.05) is 36.4 Å². The number of methoxy groups -OCH3 is 2. The highest BCUT2D eigenvalue weighted by atomic mass is 19.4. The second-order valence-electron chi connectivity index (χ2n) is 9.60. The number of aliphatic imine (C=N–C) groups is 1. The van der Waals surface area contributed by atoms with E-state index in [1.54, 1.807) is 19.2 Å². The minimum Gasteiger partial charge on any atom is -0.493 e. The highest BCUT2D eigenvalue weighted by Crippen LogP contribution is 2.28. The number of hydrogen-bond acceptors (Lipinski definition) is 7. The van der Waals surface area contributed by atoms with E-state index in [2.05, 4.69) is 15.0 Å². The van der Waals surface area contributed by atoms with Crippen molar-refractivity contribution in [3.63, 3.8) is 0 Å². The summed E-state index contributed by atoms with van der Waals surface area (Å²) in [5.41, 5.74) is 8.17. The number of hydrogen-bond donors (Lipinski definition) is 3. The quantitative estimate of drug-likeness (QED) is 0.138. The van der Waals surface area contributed by atoms with E-state index in [0.717, 1.165) is 23.3 Å². The molecule has 0 aromatic heterocycles. The molecular formula is C31H31F6N3O7. The van der Waals surface area contributed by atoms with Crippen molar-refractivity contribution in [3.05, 3.63) is 89.5 Å². The van der Waals surface area contributed by atoms with Crippen LogP contribution in [0.25, 0.3) is 0 Å². The van der Waals surface area contributed by atoms with E-state index in [-0.39, 0.29) is 31.0 Å². The molecule has 0 aliphatic rings. The fourth-order valence-corrected chi connectivity index (χ4v) is 3.92. The molecule has 0 saturated carbocycles. The van der Waals surface area contributed by atoms with Gasteiger partial charge in [0.15, 0.2) is 23.2 Å². The van der Waals surface area contributed by atoms with E-state index < -0.39 is 36.2 Å². The average Bonchev–Trinajstić information content (AvgIpc) is 2.99. The molecule has 3 rings (SSSR count). The van der Waals surface area contributed by atoms with Crippen LogP contribution >= 0.6 is 0 Å². The van der Waals surface area contributed by atoms with Gasteiger partial charge in [-0.1, -0.05) is 48.5 Å². The molecule has 0 spiro atoms. The van der Waals surface area contributed by atoms with Gasteiger partial charge in [0.25, 0.3) is 0 Å². The Labute approximate surface area is 265 Å². The largest absolute Gasteiger partial charge is 0.573 e. The van der Waals surface area contributed by atoms with Crippen molar-refractivity contribution in [2.45, 2.75) is 44.3 Å². The first-order chi connectivity index (χ1) is 22.0. The van der Waals surface area contributed by atoms with Crippen LogP contribution in [0.4, 0.5) is 26.3 Å². The molecule has 0 radical (unpaired) electrons. The number of nitrogens with two attached hydrogens (primary N) is 1. The van der Waals surface area contributed by atoms with Crippen molar-refractivity contribution in [1.29, 1.82) is 0 Å². The molecular weight excluding hydrogens is 640 g/mol. The Hall–Kier alpha value is -5.28. The second kappa shape index (κ2) is 17.4. The Morgan fingerprint density at radius 2 is 1.43 bits per heavy atom. The molecule has 0 fully saturated rings. The fourth-order valence-electron chi connectivity index (χ4n) is 3.92. The molecule has 10 nitrogen and oxygen atoms in total. The van der Waals surface area contributed by atoms with Crippen LogP contribution in [0, 0.1) is 0 Å². The number of carbonyl (C=O) groups excluding carboxylic acids is 2. The van der Waals surface area contributed by atoms with Gasteiger partial charge >= 0.3 is 18.5 Å². The lowest BCUT2D eigenvalue weighted by molar-refractivity contribution is -0.274. The number of ether oxygens (including phenoxy) is 3. The number of nitrogens with zero attached hydrogens (tertiary/aromatic N) is 1. The Bertz CT molecular complexity index is 1510. The van der Waals surface area contributed by atoms with Gasteiger partial charge in [0.05, 0.1) is 20.6 Å². The van der Waals surface area contributed by atoms with Crippen LogP contribution in [0.2, 0.25) is 0 Å². The number of rotatable bonds is 12. The highest BCUT2D eigenvalue weighted by molar-refractivity contribution is 5.98. The van der Waals surface area contributed by atoms with Gasteiger partial charge in [0, 0.05) is 12.8 Å². The van der Waals surface area contributed by atoms with Gasteiger partial charge in [0.2, 0.25) is 5.91 Å². The normalized spacial score (nSPS) is 12.2. The maximum atomic E-state index is 13.2. The van der Waals surface area contributed by atoms with Crippen molar-refractivity contribution in [3.8, 4) is 17.2 Å². The minimum atomic E-state index is -5.08. The molecule has 254 valence electrons. The Morgan fingerprint density at radius 3 is 1.96 bits per heavy atom. The number of alkyl halides is 6. The molecule has 0 aliphatic carbocycles. The smallest absolute Gasteiger partial charge is 0.493 e. The molecule has 0 bridgehead atoms. The van der Waals surface area contributed by atoms with Crippen LogP contribution in [0.5, 0.6) is 17.2 Å². The molecule has 0 unspecified atom stereocenters. The Balaban J connectivity index is 0.000000984. The van der Waals surface area contributed by atoms with Crippen molar-refractivity contribution < 1.29 is 60.0 Å². The van der Waals surface area contributed by atoms with Crippen LogP contribution in [0.3, 0.4) is 0 Å². The summed E-state index contributed by atoms with van der Waals surface area (Å²) >= 11 is 0. The van der Waals surface area contributed by atoms with E-state index in [4.69, 9.17) is 25.1 Å². The minimum absolute atomic E-state index is 0.168. The van der Waals surface area contributed by atoms with E-state index >= 15 is 0 Å². The Morgan fingerprint density at radius 1 is 0.851 bits per heavy atom. The lowest BCUT2D eigenvalue weighted by atomic mass is 9.98. The van der Waals surface area contributed by atoms with Gasteiger partial charge in [0.1, 0.15) is 11.8 Å². The topological polar surface area (TPSA) is 150 Å². The number of amides is 1. The number of benzene rings is 3. The highest BCUT2D eigenvalue weighted by Gasteiger charge is 2.38. The summed E-state index contributed by atoms with van der Waals surface area (Å²) in [7, 11) is 3.07. The van der Waals surface area contributed by atoms with E-state index in [1.165, 1.54) is 19.2 Å². The van der Waals surface area contributed by atoms with Gasteiger partial charge in [-0.05, 0) is 47.4 Å². The molecule has 16 heteroatoms. The van der Waals surface area contributed by atoms with E-state index in [9.17, 15) is 35.9 Å². The molecule has 3 aromatic carbocycles. The summed E-state index contributed by atoms with van der Waals surface area (Å²) < 4.78 is 83.2. The second-order valence-corrected chi connectivity index (χ2v) is 9.60. The number of carbonyl (C=O) groups is 3. The summed E-state index contributed by atoms with van der Waals surface area (Å²) in [5, 5.41) is 9.57. The number of aryl methyl sites for hydroxylation is 1. The predicted molar refractivity (Wildman–Crippen MR) is 157 cm³/mol. The van der Waals surface area contributed by atoms with Crippen molar-refractivity contribution in [2.75, 3.05) is 14.2 Å². The third kappa shape index (κ3) is 14.1. The first-order valence-electron chi connectivity index (χ1n) is 13.6. The summed E-state index contributed by atoms with van der Waals surface area (Å²) in [6, 6.07) is 18.8. The van der Waals surface area contributed by atoms with Crippen LogP contribution in [-0.2, 0) is 33.6 Å². The van der Waals surface area contributed by atoms with Gasteiger partial charge < -0.3 is 25.1 Å². The van der Waals surface area contributed by atoms with E-state index in [0.29, 0.717) is 23.5 Å². The molecule has 3 aromatic rings. The number of aliphatic carboxylic acids is 1. The molecule has 0 heterocycles. The third-order valence-corrected chi connectivity index (χ3v) is 6.08. The first kappa shape index (κ1) is 37.9. The molecule has 1 amide bonds. The van der Waals surface area contributed by atoms with Crippen molar-refractivity contribution in [1.82, 2.24) is 5.32 Å². The van der Waals surface area contributed by atoms with Gasteiger partial charge in [-0.3, -0.25) is 14.9 Å². The monoisotopic (exact) mass is 671 g/mol. The average molecular weight is 672 g/mol. The Kier molecular flexibility index (Phi) is 14.1. The van der Waals surface area contributed by atoms with Crippen molar-refractivity contribution >= 4 is 23.6 Å². The summed E-state index contributed by atoms with van der Waals surface area (Å²) in [6.07, 6.45) is -9.18. The summed E-state index contributed by atoms with van der Waals surface area (Å²) in [6.45, 7) is 0. The number of ketones is 1. The molecule has 1 atom stereocenters. The molecule has 47 heavy (non-hydrogen) atoms. The first-order valence-corrected chi connectivity index (χ1v) is 13.6. The number of halogens is 6. The number of Topliss-reactive ketones (excluding diaryl/α,β-unsaturated/α-hetero) is 1. The number of carboxylic acid groups (broad SMARTS) is 1. The van der Waals surface area contributed by atoms with Crippen molar-refractivity contribution in [2.24, 2.45) is 10.7 Å². The van der Waals surface area contributed by atoms with Gasteiger partial charge in [-0.2, -0.15) is 13.2 Å². The van der Waals surface area contributed by atoms with Crippen LogP contribution in [-0.4, -0.2) is 61.5 Å². The maximum absolute atomic E-state index is 13.2. The van der Waals surface area contributed by atoms with Crippen LogP contribution < -0.4 is 25.3 Å². The number of nitrogens with one attached hydrogen (secondary N) is 1. The SMILES string of the molecule is COc1ccc(CCC(=O)[C@@H](Cc2ccccc2)N=C(N)NC(=O)Cc2ccc(OC(F)(F)F)cc2)cc1OC.O=C(O)C(F)(F)F. The summed E-state index contributed by atoms with van der Waals surface area (Å²) in [4.78, 5) is 38.9. The molecule has 0 aliphatic heterocycles. The van der Waals surface area contributed by atoms with Gasteiger partial charge in [-0.15, -0.1) is 13.2 Å². The summed E-state index contributed by atoms with van der Waals surface area (Å²) in [5.74, 6) is -2.96. The van der Waals surface area contributed by atoms with Crippen LogP contribution in [0.15, 0.2) is 77.8 Å². The zero-order valence-corrected chi connectivity index (χ0v) is 25.0. The number of carboxylic acids is 1. The maximum Gasteiger partial charge on any atom is 0.573 e. The number of guanidine groups is 1. The van der Waals surface area contributed by atoms with Crippen LogP contribution in [0.1, 0.15) is 23.1 Å². The molecule has 4 N–H and O–H groups in total. The zero-order chi connectivity index (χ0) is 35.2. The molecule has 0 saturated heterocycles.